The monoisotopic (exact) mass is 1030 g/mol. The van der Waals surface area contributed by atoms with Crippen LogP contribution in [0.3, 0.4) is 0 Å². The molecule has 0 saturated heterocycles. The molecule has 12 nitrogen and oxygen atoms in total. The molecule has 12 heteroatoms. The summed E-state index contributed by atoms with van der Waals surface area (Å²) in [5.41, 5.74) is 14.5. The van der Waals surface area contributed by atoms with E-state index in [-0.39, 0.29) is 0 Å². The molecule has 0 aliphatic carbocycles. The highest BCUT2D eigenvalue weighted by Gasteiger charge is 2.24. The maximum Gasteiger partial charge on any atom is 0.187 e. The number of benzene rings is 9. The van der Waals surface area contributed by atoms with Crippen LogP contribution in [0.5, 0.6) is 0 Å². The molecule has 0 radical (unpaired) electrons. The van der Waals surface area contributed by atoms with E-state index in [1.807, 2.05) is 107 Å². The van der Waals surface area contributed by atoms with E-state index < -0.39 is 0 Å². The lowest BCUT2D eigenvalue weighted by molar-refractivity contribution is 0.928. The van der Waals surface area contributed by atoms with Gasteiger partial charge in [-0.1, -0.05) is 121 Å². The van der Waals surface area contributed by atoms with E-state index in [1.165, 1.54) is 0 Å². The standard InChI is InChI=1S/C68H46N12/c1-40-70-41(2)73-66(72-40)48-28-33-61-56(37-48)52-23-12-14-25-59(52)79(61)51-30-31-54(68-77-64(44-17-8-6-9-18-44)76-65(78-68)45-19-10-7-11-20-45)55(39-51)58-36-47(46-21-16-22-50(35-46)69-5)27-32-63(58)80-60-26-15-13-24-53(60)57-38-49(29-34-62(57)80)67-74-42(3)71-43(4)75-67/h6-39H,1-4H3. The number of hydrogen-bond donors (Lipinski definition) is 0. The van der Waals surface area contributed by atoms with E-state index in [4.69, 9.17) is 41.5 Å². The summed E-state index contributed by atoms with van der Waals surface area (Å²) in [7, 11) is 0. The van der Waals surface area contributed by atoms with E-state index in [2.05, 4.69) is 151 Å². The predicted octanol–water partition coefficient (Wildman–Crippen LogP) is 15.9. The second-order valence-electron chi connectivity index (χ2n) is 19.8. The summed E-state index contributed by atoms with van der Waals surface area (Å²) in [4.78, 5) is 47.7. The van der Waals surface area contributed by atoms with E-state index in [0.29, 0.717) is 58.1 Å². The largest absolute Gasteiger partial charge is 0.309 e. The van der Waals surface area contributed by atoms with Crippen LogP contribution >= 0.6 is 0 Å². The number of para-hydroxylation sites is 2. The summed E-state index contributed by atoms with van der Waals surface area (Å²) in [6.07, 6.45) is 0. The molecule has 0 aliphatic rings. The van der Waals surface area contributed by atoms with E-state index in [0.717, 1.165) is 105 Å². The third kappa shape index (κ3) is 8.37. The molecular formula is C68H46N12. The summed E-state index contributed by atoms with van der Waals surface area (Å²) in [5, 5.41) is 4.27. The first-order valence-corrected chi connectivity index (χ1v) is 26.3. The van der Waals surface area contributed by atoms with Crippen molar-refractivity contribution in [1.29, 1.82) is 0 Å². The number of aromatic nitrogens is 11. The number of fused-ring (bicyclic) bond motifs is 6. The Bertz CT molecular complexity index is 4740. The fourth-order valence-corrected chi connectivity index (χ4v) is 11.2. The minimum absolute atomic E-state index is 0.509. The van der Waals surface area contributed by atoms with E-state index in [9.17, 15) is 0 Å². The number of aryl methyl sites for hydroxylation is 4. The fraction of sp³-hybridized carbons (Fsp3) is 0.0588. The van der Waals surface area contributed by atoms with Crippen molar-refractivity contribution < 1.29 is 0 Å². The smallest absolute Gasteiger partial charge is 0.187 e. The Hall–Kier alpha value is -10.9. The summed E-state index contributed by atoms with van der Waals surface area (Å²) in [6, 6.07) is 71.1. The van der Waals surface area contributed by atoms with Gasteiger partial charge in [0, 0.05) is 60.6 Å². The van der Waals surface area contributed by atoms with Gasteiger partial charge >= 0.3 is 0 Å². The van der Waals surface area contributed by atoms with E-state index >= 15 is 0 Å². The van der Waals surface area contributed by atoms with Crippen LogP contribution in [0.1, 0.15) is 23.3 Å². The van der Waals surface area contributed by atoms with Gasteiger partial charge in [-0.15, -0.1) is 0 Å². The molecule has 0 atom stereocenters. The van der Waals surface area contributed by atoms with Crippen molar-refractivity contribution >= 4 is 49.3 Å². The summed E-state index contributed by atoms with van der Waals surface area (Å²) in [6.45, 7) is 15.6. The molecule has 80 heavy (non-hydrogen) atoms. The first-order chi connectivity index (χ1) is 39.2. The molecule has 0 aliphatic heterocycles. The van der Waals surface area contributed by atoms with Gasteiger partial charge in [0.25, 0.3) is 0 Å². The van der Waals surface area contributed by atoms with Crippen LogP contribution in [0.2, 0.25) is 0 Å². The lowest BCUT2D eigenvalue weighted by Gasteiger charge is -2.20. The lowest BCUT2D eigenvalue weighted by atomic mass is 9.92. The zero-order valence-corrected chi connectivity index (χ0v) is 44.0. The Labute approximate surface area is 460 Å². The normalized spacial score (nSPS) is 11.5. The van der Waals surface area contributed by atoms with E-state index in [1.54, 1.807) is 0 Å². The van der Waals surface area contributed by atoms with Gasteiger partial charge in [0.15, 0.2) is 34.8 Å². The molecule has 9 aromatic carbocycles. The molecule has 378 valence electrons. The molecule has 14 aromatic rings. The average molecular weight is 1030 g/mol. The summed E-state index contributed by atoms with van der Waals surface area (Å²) < 4.78 is 4.69. The van der Waals surface area contributed by atoms with Gasteiger partial charge in [0.2, 0.25) is 0 Å². The van der Waals surface area contributed by atoms with Crippen LogP contribution in [0, 0.1) is 34.3 Å². The number of nitrogens with zero attached hydrogens (tertiary/aromatic N) is 12. The van der Waals surface area contributed by atoms with Crippen LogP contribution in [-0.2, 0) is 0 Å². The summed E-state index contributed by atoms with van der Waals surface area (Å²) in [5.74, 6) is 5.55. The van der Waals surface area contributed by atoms with Crippen molar-refractivity contribution in [1.82, 2.24) is 54.0 Å². The molecule has 0 N–H and O–H groups in total. The Morgan fingerprint density at radius 2 is 0.762 bits per heavy atom. The van der Waals surface area contributed by atoms with Crippen molar-refractivity contribution in [3.8, 4) is 90.6 Å². The average Bonchev–Trinajstić information content (AvgIpc) is 4.09. The van der Waals surface area contributed by atoms with Crippen molar-refractivity contribution in [2.24, 2.45) is 0 Å². The maximum absolute atomic E-state index is 7.99. The quantitative estimate of drug-likeness (QED) is 0.130. The topological polar surface area (TPSA) is 130 Å². The van der Waals surface area contributed by atoms with Crippen LogP contribution in [0.4, 0.5) is 5.69 Å². The maximum atomic E-state index is 7.99. The molecule has 0 spiro atoms. The molecule has 0 bridgehead atoms. The second kappa shape index (κ2) is 19.3. The van der Waals surface area contributed by atoms with Crippen LogP contribution < -0.4 is 0 Å². The van der Waals surface area contributed by atoms with Gasteiger partial charge in [-0.05, 0) is 129 Å². The highest BCUT2D eigenvalue weighted by molar-refractivity contribution is 6.12. The highest BCUT2D eigenvalue weighted by atomic mass is 15.1. The van der Waals surface area contributed by atoms with Crippen molar-refractivity contribution in [3.05, 3.63) is 241 Å². The molecule has 14 rings (SSSR count). The minimum atomic E-state index is 0.509. The van der Waals surface area contributed by atoms with Gasteiger partial charge in [0.05, 0.1) is 34.3 Å². The highest BCUT2D eigenvalue weighted by Crippen LogP contribution is 2.44. The fourth-order valence-electron chi connectivity index (χ4n) is 11.2. The Kier molecular flexibility index (Phi) is 11.5. The van der Waals surface area contributed by atoms with Gasteiger partial charge < -0.3 is 9.13 Å². The zero-order valence-electron chi connectivity index (χ0n) is 44.0. The van der Waals surface area contributed by atoms with Gasteiger partial charge in [-0.25, -0.2) is 49.7 Å². The molecule has 5 heterocycles. The van der Waals surface area contributed by atoms with Crippen LogP contribution in [0.25, 0.3) is 139 Å². The number of rotatable bonds is 9. The lowest BCUT2D eigenvalue weighted by Crippen LogP contribution is -2.04. The molecule has 0 unspecified atom stereocenters. The van der Waals surface area contributed by atoms with Crippen molar-refractivity contribution in [2.45, 2.75) is 27.7 Å². The Morgan fingerprint density at radius 3 is 1.34 bits per heavy atom. The molecule has 5 aromatic heterocycles. The Morgan fingerprint density at radius 1 is 0.300 bits per heavy atom. The third-order valence-electron chi connectivity index (χ3n) is 14.6. The van der Waals surface area contributed by atoms with Gasteiger partial charge in [-0.3, -0.25) is 0 Å². The van der Waals surface area contributed by atoms with Crippen molar-refractivity contribution in [3.63, 3.8) is 0 Å². The van der Waals surface area contributed by atoms with Gasteiger partial charge in [0.1, 0.15) is 23.3 Å². The minimum Gasteiger partial charge on any atom is -0.309 e. The zero-order chi connectivity index (χ0) is 54.0. The molecular weight excluding hydrogens is 985 g/mol. The number of hydrogen-bond acceptors (Lipinski definition) is 9. The molecule has 0 amide bonds. The van der Waals surface area contributed by atoms with Crippen LogP contribution in [-0.4, -0.2) is 54.0 Å². The van der Waals surface area contributed by atoms with Crippen LogP contribution in [0.15, 0.2) is 206 Å². The Balaban J connectivity index is 1.08. The first-order valence-electron chi connectivity index (χ1n) is 26.3. The SMILES string of the molecule is [C-]#[N+]c1cccc(-c2ccc(-n3c4ccccc4c4cc(-c5nc(C)nc(C)n5)ccc43)c(-c3cc(-n4c5ccccc5c5cc(-c6nc(C)nc(C)n6)ccc54)ccc3-c3nc(-c4ccccc4)nc(-c4ccccc4)n3)c2)c1. The first kappa shape index (κ1) is 47.5. The summed E-state index contributed by atoms with van der Waals surface area (Å²) >= 11 is 0. The molecule has 0 fully saturated rings. The van der Waals surface area contributed by atoms with Gasteiger partial charge in [-0.2, -0.15) is 0 Å². The second-order valence-corrected chi connectivity index (χ2v) is 19.8. The third-order valence-corrected chi connectivity index (χ3v) is 14.6. The predicted molar refractivity (Wildman–Crippen MR) is 319 cm³/mol. The molecule has 0 saturated carbocycles. The van der Waals surface area contributed by atoms with Crippen molar-refractivity contribution in [2.75, 3.05) is 0 Å².